The molecule has 1 unspecified atom stereocenters. The number of halogens is 1. The van der Waals surface area contributed by atoms with Gasteiger partial charge < -0.3 is 5.32 Å². The van der Waals surface area contributed by atoms with E-state index in [-0.39, 0.29) is 0 Å². The first-order valence-corrected chi connectivity index (χ1v) is 6.83. The van der Waals surface area contributed by atoms with Crippen LogP contribution in [0.5, 0.6) is 0 Å². The van der Waals surface area contributed by atoms with E-state index in [0.29, 0.717) is 6.04 Å². The molecule has 0 amide bonds. The van der Waals surface area contributed by atoms with Crippen LogP contribution in [0.15, 0.2) is 16.6 Å². The van der Waals surface area contributed by atoms with Crippen molar-refractivity contribution >= 4 is 15.9 Å². The topological polar surface area (TPSA) is 12.0 Å². The van der Waals surface area contributed by atoms with E-state index in [1.807, 2.05) is 7.05 Å². The molecule has 0 aromatic heterocycles. The van der Waals surface area contributed by atoms with Gasteiger partial charge in [-0.2, -0.15) is 0 Å². The largest absolute Gasteiger partial charge is 0.313 e. The maximum Gasteiger partial charge on any atom is 0.0317 e. The molecule has 1 aromatic carbocycles. The Hall–Kier alpha value is -0.340. The molecule has 1 rings (SSSR count). The summed E-state index contributed by atoms with van der Waals surface area (Å²) in [6, 6.07) is 5.06. The molecule has 0 aliphatic rings. The second kappa shape index (κ2) is 6.41. The molecule has 0 radical (unpaired) electrons. The molecule has 90 valence electrons. The quantitative estimate of drug-likeness (QED) is 0.838. The zero-order valence-electron chi connectivity index (χ0n) is 10.7. The van der Waals surface area contributed by atoms with Gasteiger partial charge in [-0.25, -0.2) is 0 Å². The first-order chi connectivity index (χ1) is 7.60. The van der Waals surface area contributed by atoms with Crippen molar-refractivity contribution in [2.24, 2.45) is 0 Å². The van der Waals surface area contributed by atoms with Gasteiger partial charge in [-0.3, -0.25) is 0 Å². The molecule has 0 aliphatic carbocycles. The first kappa shape index (κ1) is 13.7. The highest BCUT2D eigenvalue weighted by molar-refractivity contribution is 9.10. The third kappa shape index (κ3) is 3.33. The Morgan fingerprint density at radius 2 is 1.81 bits per heavy atom. The van der Waals surface area contributed by atoms with Gasteiger partial charge >= 0.3 is 0 Å². The van der Waals surface area contributed by atoms with Crippen LogP contribution in [0.25, 0.3) is 0 Å². The second-order valence-corrected chi connectivity index (χ2v) is 5.25. The van der Waals surface area contributed by atoms with Gasteiger partial charge in [0.15, 0.2) is 0 Å². The van der Waals surface area contributed by atoms with E-state index in [9.17, 15) is 0 Å². The van der Waals surface area contributed by atoms with Gasteiger partial charge in [-0.05, 0) is 44.0 Å². The maximum atomic E-state index is 3.62. The molecule has 1 atom stereocenters. The molecule has 1 nitrogen and oxygen atoms in total. The zero-order valence-corrected chi connectivity index (χ0v) is 12.3. The Morgan fingerprint density at radius 1 is 1.25 bits per heavy atom. The molecule has 1 N–H and O–H groups in total. The lowest BCUT2D eigenvalue weighted by atomic mass is 9.97. The Bertz CT molecular complexity index is 324. The summed E-state index contributed by atoms with van der Waals surface area (Å²) >= 11 is 3.62. The fraction of sp³-hybridized carbons (Fsp3) is 0.571. The second-order valence-electron chi connectivity index (χ2n) is 4.45. The molecule has 0 fully saturated rings. The maximum absolute atomic E-state index is 3.62. The fourth-order valence-corrected chi connectivity index (χ4v) is 2.30. The molecule has 0 saturated carbocycles. The van der Waals surface area contributed by atoms with Crippen molar-refractivity contribution in [2.75, 3.05) is 7.05 Å². The highest BCUT2D eigenvalue weighted by Crippen LogP contribution is 2.27. The van der Waals surface area contributed by atoms with Crippen LogP contribution in [-0.4, -0.2) is 7.05 Å². The van der Waals surface area contributed by atoms with Crippen LogP contribution < -0.4 is 5.32 Å². The standard InChI is InChI=1S/C14H22BrN/c1-5-6-7-13(16-4)12-8-10(2)14(15)11(3)9-12/h8-9,13,16H,5-7H2,1-4H3. The summed E-state index contributed by atoms with van der Waals surface area (Å²) in [6.07, 6.45) is 3.75. The van der Waals surface area contributed by atoms with Crippen molar-refractivity contribution in [3.05, 3.63) is 33.3 Å². The smallest absolute Gasteiger partial charge is 0.0317 e. The Kier molecular flexibility index (Phi) is 5.50. The molecule has 1 aromatic rings. The summed E-state index contributed by atoms with van der Waals surface area (Å²) in [7, 11) is 2.05. The third-order valence-electron chi connectivity index (χ3n) is 3.06. The Balaban J connectivity index is 2.92. The predicted molar refractivity (Wildman–Crippen MR) is 74.9 cm³/mol. The fourth-order valence-electron chi connectivity index (χ4n) is 2.07. The van der Waals surface area contributed by atoms with Crippen molar-refractivity contribution in [2.45, 2.75) is 46.1 Å². The van der Waals surface area contributed by atoms with E-state index < -0.39 is 0 Å². The number of rotatable bonds is 5. The minimum Gasteiger partial charge on any atom is -0.313 e. The summed E-state index contributed by atoms with van der Waals surface area (Å²) in [6.45, 7) is 6.56. The van der Waals surface area contributed by atoms with Gasteiger partial charge in [0.2, 0.25) is 0 Å². The van der Waals surface area contributed by atoms with Gasteiger partial charge in [-0.15, -0.1) is 0 Å². The molecular weight excluding hydrogens is 262 g/mol. The number of aryl methyl sites for hydroxylation is 2. The number of hydrogen-bond donors (Lipinski definition) is 1. The highest BCUT2D eigenvalue weighted by atomic mass is 79.9. The number of nitrogens with one attached hydrogen (secondary N) is 1. The van der Waals surface area contributed by atoms with Crippen LogP contribution in [-0.2, 0) is 0 Å². The van der Waals surface area contributed by atoms with Crippen LogP contribution in [0.2, 0.25) is 0 Å². The van der Waals surface area contributed by atoms with Crippen LogP contribution in [0, 0.1) is 13.8 Å². The molecule has 0 saturated heterocycles. The zero-order chi connectivity index (χ0) is 12.1. The first-order valence-electron chi connectivity index (χ1n) is 6.04. The average Bonchev–Trinajstić information content (AvgIpc) is 2.26. The third-order valence-corrected chi connectivity index (χ3v) is 4.31. The van der Waals surface area contributed by atoms with E-state index in [2.05, 4.69) is 54.2 Å². The lowest BCUT2D eigenvalue weighted by Crippen LogP contribution is -2.16. The Morgan fingerprint density at radius 3 is 2.25 bits per heavy atom. The van der Waals surface area contributed by atoms with Crippen molar-refractivity contribution < 1.29 is 0 Å². The summed E-state index contributed by atoms with van der Waals surface area (Å²) in [5, 5.41) is 3.41. The molecule has 0 aliphatic heterocycles. The van der Waals surface area contributed by atoms with Gasteiger partial charge in [0, 0.05) is 10.5 Å². The predicted octanol–water partition coefficient (Wildman–Crippen LogP) is 4.52. The molecule has 16 heavy (non-hydrogen) atoms. The van der Waals surface area contributed by atoms with E-state index >= 15 is 0 Å². The minimum atomic E-state index is 0.491. The van der Waals surface area contributed by atoms with Crippen molar-refractivity contribution in [1.82, 2.24) is 5.32 Å². The monoisotopic (exact) mass is 283 g/mol. The van der Waals surface area contributed by atoms with Gasteiger partial charge in [0.1, 0.15) is 0 Å². The number of benzene rings is 1. The molecule has 2 heteroatoms. The van der Waals surface area contributed by atoms with E-state index in [0.717, 1.165) is 0 Å². The average molecular weight is 284 g/mol. The summed E-state index contributed by atoms with van der Waals surface area (Å²) in [4.78, 5) is 0. The van der Waals surface area contributed by atoms with E-state index in [1.165, 1.54) is 40.4 Å². The lowest BCUT2D eigenvalue weighted by Gasteiger charge is -2.18. The molecule has 0 spiro atoms. The van der Waals surface area contributed by atoms with Crippen LogP contribution >= 0.6 is 15.9 Å². The lowest BCUT2D eigenvalue weighted by molar-refractivity contribution is 0.522. The van der Waals surface area contributed by atoms with E-state index in [1.54, 1.807) is 0 Å². The minimum absolute atomic E-state index is 0.491. The van der Waals surface area contributed by atoms with Gasteiger partial charge in [0.25, 0.3) is 0 Å². The molecular formula is C14H22BrN. The van der Waals surface area contributed by atoms with Crippen molar-refractivity contribution in [3.63, 3.8) is 0 Å². The highest BCUT2D eigenvalue weighted by Gasteiger charge is 2.11. The number of unbranched alkanes of at least 4 members (excludes halogenated alkanes) is 1. The van der Waals surface area contributed by atoms with Crippen LogP contribution in [0.1, 0.15) is 48.9 Å². The van der Waals surface area contributed by atoms with Gasteiger partial charge in [0.05, 0.1) is 0 Å². The normalized spacial score (nSPS) is 12.8. The Labute approximate surface area is 108 Å². The van der Waals surface area contributed by atoms with E-state index in [4.69, 9.17) is 0 Å². The van der Waals surface area contributed by atoms with Crippen molar-refractivity contribution in [3.8, 4) is 0 Å². The molecule has 0 heterocycles. The summed E-state index contributed by atoms with van der Waals surface area (Å²) in [5.41, 5.74) is 4.06. The summed E-state index contributed by atoms with van der Waals surface area (Å²) < 4.78 is 1.24. The van der Waals surface area contributed by atoms with Crippen molar-refractivity contribution in [1.29, 1.82) is 0 Å². The van der Waals surface area contributed by atoms with Crippen LogP contribution in [0.4, 0.5) is 0 Å². The van der Waals surface area contributed by atoms with Gasteiger partial charge in [-0.1, -0.05) is 47.8 Å². The molecule has 0 bridgehead atoms. The van der Waals surface area contributed by atoms with Crippen LogP contribution in [0.3, 0.4) is 0 Å². The number of hydrogen-bond acceptors (Lipinski definition) is 1. The summed E-state index contributed by atoms with van der Waals surface area (Å²) in [5.74, 6) is 0. The SMILES string of the molecule is CCCCC(NC)c1cc(C)c(Br)c(C)c1.